The van der Waals surface area contributed by atoms with Crippen molar-refractivity contribution in [2.75, 3.05) is 0 Å². The minimum atomic E-state index is -4.37. The highest BCUT2D eigenvalue weighted by atomic mass is 32.1. The number of hydrogen-bond acceptors (Lipinski definition) is 1. The summed E-state index contributed by atoms with van der Waals surface area (Å²) < 4.78 is 51.1. The van der Waals surface area contributed by atoms with Crippen molar-refractivity contribution in [3.05, 3.63) is 28.3 Å². The number of benzene rings is 1. The monoisotopic (exact) mass is 264 g/mol. The van der Waals surface area contributed by atoms with Crippen LogP contribution in [0.3, 0.4) is 0 Å². The van der Waals surface area contributed by atoms with Gasteiger partial charge in [-0.05, 0) is 36.8 Å². The molecule has 2 aromatic rings. The number of aromatic amines is 1. The molecule has 0 aliphatic carbocycles. The highest BCUT2D eigenvalue weighted by molar-refractivity contribution is 7.71. The van der Waals surface area contributed by atoms with Crippen LogP contribution in [-0.2, 0) is 6.54 Å². The number of alkyl halides is 3. The zero-order chi connectivity index (χ0) is 12.8. The third kappa shape index (κ3) is 2.33. The van der Waals surface area contributed by atoms with E-state index in [1.54, 1.807) is 0 Å². The van der Waals surface area contributed by atoms with Gasteiger partial charge in [0, 0.05) is 0 Å². The first kappa shape index (κ1) is 12.1. The molecule has 92 valence electrons. The minimum absolute atomic E-state index is 0.0673. The van der Waals surface area contributed by atoms with Crippen molar-refractivity contribution >= 4 is 23.3 Å². The Kier molecular flexibility index (Phi) is 2.73. The van der Waals surface area contributed by atoms with Crippen molar-refractivity contribution in [3.8, 4) is 0 Å². The van der Waals surface area contributed by atoms with Gasteiger partial charge in [-0.25, -0.2) is 4.39 Å². The number of nitrogens with zero attached hydrogens (tertiary/aromatic N) is 1. The van der Waals surface area contributed by atoms with Gasteiger partial charge in [0.15, 0.2) is 4.77 Å². The lowest BCUT2D eigenvalue weighted by Crippen LogP contribution is -2.17. The largest absolute Gasteiger partial charge is 0.406 e. The Bertz CT molecular complexity index is 623. The van der Waals surface area contributed by atoms with Gasteiger partial charge in [0.05, 0.1) is 11.0 Å². The summed E-state index contributed by atoms with van der Waals surface area (Å²) in [5, 5.41) is 0. The van der Waals surface area contributed by atoms with Crippen LogP contribution in [0.25, 0.3) is 11.0 Å². The van der Waals surface area contributed by atoms with Crippen molar-refractivity contribution in [2.45, 2.75) is 19.6 Å². The van der Waals surface area contributed by atoms with Crippen LogP contribution in [0.1, 0.15) is 5.56 Å². The van der Waals surface area contributed by atoms with E-state index >= 15 is 0 Å². The topological polar surface area (TPSA) is 20.7 Å². The molecule has 0 fully saturated rings. The van der Waals surface area contributed by atoms with Gasteiger partial charge in [0.2, 0.25) is 0 Å². The van der Waals surface area contributed by atoms with Crippen molar-refractivity contribution in [3.63, 3.8) is 0 Å². The van der Waals surface area contributed by atoms with E-state index in [2.05, 4.69) is 4.98 Å². The van der Waals surface area contributed by atoms with Gasteiger partial charge < -0.3 is 9.55 Å². The Hall–Kier alpha value is -1.37. The van der Waals surface area contributed by atoms with Crippen LogP contribution in [0.5, 0.6) is 0 Å². The summed E-state index contributed by atoms with van der Waals surface area (Å²) in [7, 11) is 0. The smallest absolute Gasteiger partial charge is 0.330 e. The molecule has 0 spiro atoms. The summed E-state index contributed by atoms with van der Waals surface area (Å²) >= 11 is 4.79. The molecule has 0 amide bonds. The third-order valence-electron chi connectivity index (χ3n) is 2.39. The summed E-state index contributed by atoms with van der Waals surface area (Å²) in [6.45, 7) is 0.305. The first-order valence-electron chi connectivity index (χ1n) is 4.73. The zero-order valence-electron chi connectivity index (χ0n) is 8.73. The van der Waals surface area contributed by atoms with E-state index in [1.807, 2.05) is 0 Å². The van der Waals surface area contributed by atoms with Gasteiger partial charge in [0.25, 0.3) is 0 Å². The van der Waals surface area contributed by atoms with Gasteiger partial charge in [-0.1, -0.05) is 0 Å². The maximum Gasteiger partial charge on any atom is 0.406 e. The van der Waals surface area contributed by atoms with Crippen LogP contribution in [0.2, 0.25) is 0 Å². The molecule has 0 radical (unpaired) electrons. The normalized spacial score (nSPS) is 12.3. The summed E-state index contributed by atoms with van der Waals surface area (Å²) in [6.07, 6.45) is -4.37. The molecular weight excluding hydrogens is 256 g/mol. The van der Waals surface area contributed by atoms with Crippen LogP contribution in [0, 0.1) is 17.5 Å². The molecular formula is C10H8F4N2S. The molecule has 17 heavy (non-hydrogen) atoms. The van der Waals surface area contributed by atoms with Crippen molar-refractivity contribution < 1.29 is 17.6 Å². The molecule has 1 aromatic carbocycles. The highest BCUT2D eigenvalue weighted by Crippen LogP contribution is 2.23. The lowest BCUT2D eigenvalue weighted by atomic mass is 10.2. The predicted molar refractivity (Wildman–Crippen MR) is 57.9 cm³/mol. The van der Waals surface area contributed by atoms with Crippen molar-refractivity contribution in [2.24, 2.45) is 0 Å². The average Bonchev–Trinajstić information content (AvgIpc) is 2.43. The summed E-state index contributed by atoms with van der Waals surface area (Å²) in [5.41, 5.74) is 0.802. The maximum absolute atomic E-state index is 13.2. The van der Waals surface area contributed by atoms with Gasteiger partial charge in [-0.15, -0.1) is 0 Å². The number of H-pyrrole nitrogens is 1. The Morgan fingerprint density at radius 1 is 1.35 bits per heavy atom. The molecule has 2 rings (SSSR count). The SMILES string of the molecule is Cc1cc2c(cc1F)[nH]c(=S)n2CC(F)(F)F. The molecule has 0 saturated heterocycles. The summed E-state index contributed by atoms with van der Waals surface area (Å²) in [6, 6.07) is 2.50. The fraction of sp³-hybridized carbons (Fsp3) is 0.300. The van der Waals surface area contributed by atoms with Gasteiger partial charge >= 0.3 is 6.18 Å². The number of imidazole rings is 1. The average molecular weight is 264 g/mol. The highest BCUT2D eigenvalue weighted by Gasteiger charge is 2.29. The molecule has 0 unspecified atom stereocenters. The number of halogens is 4. The Labute approximate surface area is 98.9 Å². The van der Waals surface area contributed by atoms with Crippen molar-refractivity contribution in [1.29, 1.82) is 0 Å². The van der Waals surface area contributed by atoms with E-state index in [4.69, 9.17) is 12.2 Å². The van der Waals surface area contributed by atoms with Crippen LogP contribution >= 0.6 is 12.2 Å². The summed E-state index contributed by atoms with van der Waals surface area (Å²) in [4.78, 5) is 2.56. The summed E-state index contributed by atoms with van der Waals surface area (Å²) in [5.74, 6) is -0.479. The number of aryl methyl sites for hydroxylation is 1. The van der Waals surface area contributed by atoms with Gasteiger partial charge in [-0.2, -0.15) is 13.2 Å². The van der Waals surface area contributed by atoms with E-state index in [0.717, 1.165) is 10.6 Å². The lowest BCUT2D eigenvalue weighted by Gasteiger charge is -2.08. The van der Waals surface area contributed by atoms with Crippen LogP contribution in [-0.4, -0.2) is 15.7 Å². The molecule has 7 heteroatoms. The van der Waals surface area contributed by atoms with Crippen LogP contribution in [0.4, 0.5) is 17.6 Å². The Morgan fingerprint density at radius 2 is 2.00 bits per heavy atom. The second-order valence-corrected chi connectivity index (χ2v) is 4.14. The molecule has 0 aliphatic rings. The standard InChI is InChI=1S/C10H8F4N2S/c1-5-2-8-7(3-6(5)11)15-9(17)16(8)4-10(12,13)14/h2-3H,4H2,1H3,(H,15,17). The van der Waals surface area contributed by atoms with E-state index in [1.165, 1.54) is 13.0 Å². The zero-order valence-corrected chi connectivity index (χ0v) is 9.55. The van der Waals surface area contributed by atoms with E-state index < -0.39 is 18.5 Å². The van der Waals surface area contributed by atoms with Gasteiger partial charge in [0.1, 0.15) is 12.4 Å². The quantitative estimate of drug-likeness (QED) is 0.615. The van der Waals surface area contributed by atoms with E-state index in [0.29, 0.717) is 0 Å². The predicted octanol–water partition coefficient (Wildman–Crippen LogP) is 3.71. The maximum atomic E-state index is 13.2. The fourth-order valence-corrected chi connectivity index (χ4v) is 1.89. The second-order valence-electron chi connectivity index (χ2n) is 3.75. The van der Waals surface area contributed by atoms with Crippen molar-refractivity contribution in [1.82, 2.24) is 9.55 Å². The first-order valence-corrected chi connectivity index (χ1v) is 5.14. The first-order chi connectivity index (χ1) is 7.78. The molecule has 2 nitrogen and oxygen atoms in total. The molecule has 1 aromatic heterocycles. The van der Waals surface area contributed by atoms with E-state index in [9.17, 15) is 17.6 Å². The number of rotatable bonds is 1. The van der Waals surface area contributed by atoms with Gasteiger partial charge in [-0.3, -0.25) is 0 Å². The van der Waals surface area contributed by atoms with E-state index in [-0.39, 0.29) is 21.4 Å². The molecule has 0 bridgehead atoms. The molecule has 0 aliphatic heterocycles. The number of fused-ring (bicyclic) bond motifs is 1. The molecule has 0 saturated carbocycles. The minimum Gasteiger partial charge on any atom is -0.330 e. The number of hydrogen-bond donors (Lipinski definition) is 1. The Balaban J connectivity index is 2.67. The fourth-order valence-electron chi connectivity index (χ4n) is 1.62. The molecule has 1 N–H and O–H groups in total. The van der Waals surface area contributed by atoms with Crippen LogP contribution < -0.4 is 0 Å². The number of nitrogens with one attached hydrogen (secondary N) is 1. The lowest BCUT2D eigenvalue weighted by molar-refractivity contribution is -0.140. The van der Waals surface area contributed by atoms with Crippen LogP contribution in [0.15, 0.2) is 12.1 Å². The molecule has 1 heterocycles. The second kappa shape index (κ2) is 3.83. The Morgan fingerprint density at radius 3 is 2.59 bits per heavy atom. The number of aromatic nitrogens is 2. The third-order valence-corrected chi connectivity index (χ3v) is 2.71. The molecule has 0 atom stereocenters.